The van der Waals surface area contributed by atoms with Gasteiger partial charge < -0.3 is 9.97 Å². The van der Waals surface area contributed by atoms with Crippen molar-refractivity contribution in [3.63, 3.8) is 0 Å². The highest BCUT2D eigenvalue weighted by molar-refractivity contribution is 7.99. The molecule has 4 heterocycles. The van der Waals surface area contributed by atoms with Crippen LogP contribution >= 0.6 is 11.8 Å². The average molecular weight is 539 g/mol. The van der Waals surface area contributed by atoms with Crippen LogP contribution < -0.4 is 0 Å². The summed E-state index contributed by atoms with van der Waals surface area (Å²) in [5, 5.41) is 11.2. The molecule has 7 heteroatoms. The van der Waals surface area contributed by atoms with Crippen molar-refractivity contribution in [3.8, 4) is 22.3 Å². The van der Waals surface area contributed by atoms with Gasteiger partial charge in [-0.2, -0.15) is 0 Å². The number of rotatable bonds is 5. The van der Waals surface area contributed by atoms with Crippen molar-refractivity contribution in [3.05, 3.63) is 131 Å². The third-order valence-corrected chi connectivity index (χ3v) is 8.09. The number of nitrogens with zero attached hydrogens (tertiary/aromatic N) is 2. The molecule has 0 unspecified atom stereocenters. The molecule has 1 aliphatic heterocycles. The van der Waals surface area contributed by atoms with Gasteiger partial charge in [-0.1, -0.05) is 72.4 Å². The van der Waals surface area contributed by atoms with E-state index in [2.05, 4.69) is 64.6 Å². The first-order valence-corrected chi connectivity index (χ1v) is 13.6. The Morgan fingerprint density at radius 3 is 1.75 bits per heavy atom. The molecule has 0 atom stereocenters. The first kappa shape index (κ1) is 23.9. The molecule has 0 radical (unpaired) electrons. The first-order chi connectivity index (χ1) is 19.6. The van der Waals surface area contributed by atoms with Crippen LogP contribution in [-0.2, 0) is 0 Å². The lowest BCUT2D eigenvalue weighted by molar-refractivity contribution is -0.384. The van der Waals surface area contributed by atoms with Crippen LogP contribution in [0.15, 0.2) is 119 Å². The maximum atomic E-state index is 11.2. The van der Waals surface area contributed by atoms with E-state index in [4.69, 9.17) is 4.98 Å². The number of non-ortho nitro benzene ring substituents is 1. The van der Waals surface area contributed by atoms with Gasteiger partial charge >= 0.3 is 0 Å². The zero-order valence-electron chi connectivity index (χ0n) is 21.2. The summed E-state index contributed by atoms with van der Waals surface area (Å²) in [6, 6.07) is 35.7. The number of benzene rings is 3. The predicted molar refractivity (Wildman–Crippen MR) is 163 cm³/mol. The highest BCUT2D eigenvalue weighted by Crippen LogP contribution is 2.39. The highest BCUT2D eigenvalue weighted by Gasteiger charge is 2.17. The molecule has 6 aromatic rings. The van der Waals surface area contributed by atoms with Crippen molar-refractivity contribution < 1.29 is 4.92 Å². The van der Waals surface area contributed by atoms with Crippen LogP contribution in [0.1, 0.15) is 11.4 Å². The van der Waals surface area contributed by atoms with Gasteiger partial charge in [0.2, 0.25) is 0 Å². The molecular weight excluding hydrogens is 516 g/mol. The van der Waals surface area contributed by atoms with Crippen LogP contribution in [0.25, 0.3) is 56.5 Å². The lowest BCUT2D eigenvalue weighted by Crippen LogP contribution is -1.88. The topological polar surface area (TPSA) is 87.6 Å². The summed E-state index contributed by atoms with van der Waals surface area (Å²) in [6.45, 7) is 0. The quantitative estimate of drug-likeness (QED) is 0.169. The molecule has 3 aromatic heterocycles. The van der Waals surface area contributed by atoms with Crippen LogP contribution in [0.2, 0.25) is 0 Å². The van der Waals surface area contributed by atoms with Crippen molar-refractivity contribution in [1.29, 1.82) is 0 Å². The van der Waals surface area contributed by atoms with E-state index in [0.717, 1.165) is 65.5 Å². The van der Waals surface area contributed by atoms with Crippen LogP contribution in [0.4, 0.5) is 5.69 Å². The maximum Gasteiger partial charge on any atom is 0.269 e. The summed E-state index contributed by atoms with van der Waals surface area (Å²) in [4.78, 5) is 25.1. The van der Waals surface area contributed by atoms with Crippen molar-refractivity contribution in [2.45, 2.75) is 9.79 Å². The normalized spacial score (nSPS) is 11.7. The molecule has 0 saturated carbocycles. The number of aromatic amines is 2. The highest BCUT2D eigenvalue weighted by atomic mass is 32.2. The Morgan fingerprint density at radius 2 is 1.12 bits per heavy atom. The number of nitro groups is 1. The molecule has 3 aromatic carbocycles. The summed E-state index contributed by atoms with van der Waals surface area (Å²) in [6.07, 6.45) is 4.09. The number of aromatic nitrogens is 3. The van der Waals surface area contributed by atoms with Crippen molar-refractivity contribution in [2.75, 3.05) is 0 Å². The summed E-state index contributed by atoms with van der Waals surface area (Å²) in [7, 11) is 0. The third kappa shape index (κ3) is 4.32. The number of nitro benzene ring substituents is 1. The fraction of sp³-hybridized carbons (Fsp3) is 0. The van der Waals surface area contributed by atoms with E-state index in [1.165, 1.54) is 23.9 Å². The molecule has 0 aliphatic carbocycles. The number of hydrogen-bond acceptors (Lipinski definition) is 4. The summed E-state index contributed by atoms with van der Waals surface area (Å²) in [5.74, 6) is 0. The van der Waals surface area contributed by atoms with E-state index in [0.29, 0.717) is 0 Å². The van der Waals surface area contributed by atoms with Crippen LogP contribution in [-0.4, -0.2) is 19.9 Å². The number of fused-ring (bicyclic) bond motifs is 6. The molecule has 40 heavy (non-hydrogen) atoms. The lowest BCUT2D eigenvalue weighted by atomic mass is 10.0. The number of hydrogen-bond donors (Lipinski definition) is 2. The first-order valence-electron chi connectivity index (χ1n) is 12.8. The second kappa shape index (κ2) is 9.87. The summed E-state index contributed by atoms with van der Waals surface area (Å²) in [5.41, 5.74) is 9.90. The van der Waals surface area contributed by atoms with Gasteiger partial charge in [0.1, 0.15) is 0 Å². The van der Waals surface area contributed by atoms with E-state index in [1.807, 2.05) is 42.5 Å². The predicted octanol–water partition coefficient (Wildman–Crippen LogP) is 9.05. The lowest BCUT2D eigenvalue weighted by Gasteiger charge is -2.06. The molecule has 6 nitrogen and oxygen atoms in total. The van der Waals surface area contributed by atoms with E-state index in [1.54, 1.807) is 12.1 Å². The van der Waals surface area contributed by atoms with Gasteiger partial charge in [0, 0.05) is 44.7 Å². The molecular formula is C33H22N4O2S. The smallest absolute Gasteiger partial charge is 0.269 e. The Bertz CT molecular complexity index is 1990. The SMILES string of the molecule is O=[N+]([O-])c1ccc(Sc2c3nc(c(-c4ccccc4)c4ccc([nH]4)c(-c4ccccc4)c4ccc2[nH]4)C=C3)cc1. The molecule has 0 fully saturated rings. The van der Waals surface area contributed by atoms with Gasteiger partial charge in [0.25, 0.3) is 5.69 Å². The maximum absolute atomic E-state index is 11.2. The van der Waals surface area contributed by atoms with Gasteiger partial charge in [0.15, 0.2) is 0 Å². The fourth-order valence-electron chi connectivity index (χ4n) is 5.09. The zero-order chi connectivity index (χ0) is 27.1. The fourth-order valence-corrected chi connectivity index (χ4v) is 6.05. The second-order valence-corrected chi connectivity index (χ2v) is 10.5. The van der Waals surface area contributed by atoms with Crippen molar-refractivity contribution in [1.82, 2.24) is 15.0 Å². The van der Waals surface area contributed by atoms with E-state index in [-0.39, 0.29) is 10.6 Å². The van der Waals surface area contributed by atoms with Gasteiger partial charge in [-0.15, -0.1) is 0 Å². The third-order valence-electron chi connectivity index (χ3n) is 6.95. The van der Waals surface area contributed by atoms with Crippen LogP contribution in [0.5, 0.6) is 0 Å². The molecule has 6 bridgehead atoms. The zero-order valence-corrected chi connectivity index (χ0v) is 22.0. The standard InChI is InChI=1S/C33H22N4O2S/c38-37(39)23-11-13-24(14-12-23)40-33-29-19-17-27(35-29)31(21-7-3-1-4-8-21)25-15-16-26(34-25)32(22-9-5-2-6-10-22)28-18-20-30(33)36-28/h1-20,34-35H. The number of H-pyrrole nitrogens is 2. The largest absolute Gasteiger partial charge is 0.354 e. The monoisotopic (exact) mass is 538 g/mol. The molecule has 0 saturated heterocycles. The van der Waals surface area contributed by atoms with Crippen LogP contribution in [0, 0.1) is 10.1 Å². The molecule has 1 aliphatic rings. The Morgan fingerprint density at radius 1 is 0.600 bits per heavy atom. The minimum absolute atomic E-state index is 0.0673. The van der Waals surface area contributed by atoms with Gasteiger partial charge in [0.05, 0.1) is 26.7 Å². The van der Waals surface area contributed by atoms with Gasteiger partial charge in [-0.25, -0.2) is 4.98 Å². The molecule has 7 rings (SSSR count). The Hall–Kier alpha value is -5.14. The second-order valence-electron chi connectivity index (χ2n) is 9.45. The molecule has 2 N–H and O–H groups in total. The average Bonchev–Trinajstić information content (AvgIpc) is 3.76. The van der Waals surface area contributed by atoms with E-state index in [9.17, 15) is 10.1 Å². The Labute approximate surface area is 233 Å². The molecule has 0 spiro atoms. The number of nitrogens with one attached hydrogen (secondary N) is 2. The van der Waals surface area contributed by atoms with Gasteiger partial charge in [-0.3, -0.25) is 10.1 Å². The van der Waals surface area contributed by atoms with Crippen molar-refractivity contribution in [2.24, 2.45) is 0 Å². The molecule has 0 amide bonds. The summed E-state index contributed by atoms with van der Waals surface area (Å²) < 4.78 is 0. The molecule has 192 valence electrons. The minimum Gasteiger partial charge on any atom is -0.354 e. The minimum atomic E-state index is -0.382. The van der Waals surface area contributed by atoms with Gasteiger partial charge in [-0.05, 0) is 59.7 Å². The van der Waals surface area contributed by atoms with Crippen molar-refractivity contribution >= 4 is 51.7 Å². The summed E-state index contributed by atoms with van der Waals surface area (Å²) >= 11 is 1.54. The Balaban J connectivity index is 1.55. The van der Waals surface area contributed by atoms with E-state index >= 15 is 0 Å². The van der Waals surface area contributed by atoms with E-state index < -0.39 is 0 Å². The van der Waals surface area contributed by atoms with Crippen LogP contribution in [0.3, 0.4) is 0 Å². The Kier molecular flexibility index (Phi) is 5.91.